The largest absolute Gasteiger partial charge is 0.493 e. The molecule has 0 bridgehead atoms. The highest BCUT2D eigenvalue weighted by atomic mass is 16.5. The zero-order valence-corrected chi connectivity index (χ0v) is 12.6. The van der Waals surface area contributed by atoms with E-state index in [2.05, 4.69) is 0 Å². The van der Waals surface area contributed by atoms with Crippen LogP contribution in [0, 0.1) is 0 Å². The van der Waals surface area contributed by atoms with Crippen molar-refractivity contribution in [2.24, 2.45) is 0 Å². The second-order valence-electron chi connectivity index (χ2n) is 5.20. The lowest BCUT2D eigenvalue weighted by Gasteiger charge is -2.08. The van der Waals surface area contributed by atoms with Crippen molar-refractivity contribution in [3.63, 3.8) is 0 Å². The van der Waals surface area contributed by atoms with E-state index < -0.39 is 5.97 Å². The van der Waals surface area contributed by atoms with Crippen molar-refractivity contribution in [3.8, 4) is 5.75 Å². The van der Waals surface area contributed by atoms with Crippen molar-refractivity contribution in [3.05, 3.63) is 29.8 Å². The third kappa shape index (κ3) is 7.71. The molecular weight excluding hydrogens is 268 g/mol. The lowest BCUT2D eigenvalue weighted by atomic mass is 10.1. The number of rotatable bonds is 12. The van der Waals surface area contributed by atoms with E-state index in [1.165, 1.54) is 25.7 Å². The van der Waals surface area contributed by atoms with Gasteiger partial charge in [-0.15, -0.1) is 0 Å². The predicted molar refractivity (Wildman–Crippen MR) is 82.9 cm³/mol. The predicted octanol–water partition coefficient (Wildman–Crippen LogP) is 3.88. The number of para-hydroxylation sites is 1. The minimum atomic E-state index is -0.950. The lowest BCUT2D eigenvalue weighted by Crippen LogP contribution is -2.04. The van der Waals surface area contributed by atoms with Gasteiger partial charge in [0.25, 0.3) is 0 Å². The number of aliphatic hydroxyl groups is 1. The molecule has 0 atom stereocenters. The summed E-state index contributed by atoms with van der Waals surface area (Å²) in [6, 6.07) is 6.75. The van der Waals surface area contributed by atoms with E-state index in [1.807, 2.05) is 0 Å². The van der Waals surface area contributed by atoms with Crippen LogP contribution < -0.4 is 4.74 Å². The van der Waals surface area contributed by atoms with Gasteiger partial charge in [-0.25, -0.2) is 4.79 Å². The van der Waals surface area contributed by atoms with Crippen LogP contribution in [0.15, 0.2) is 24.3 Å². The first-order valence-electron chi connectivity index (χ1n) is 7.81. The summed E-state index contributed by atoms with van der Waals surface area (Å²) in [5.41, 5.74) is 0.224. The van der Waals surface area contributed by atoms with Crippen molar-refractivity contribution in [1.82, 2.24) is 0 Å². The number of ether oxygens (including phenoxy) is 1. The van der Waals surface area contributed by atoms with E-state index in [-0.39, 0.29) is 5.56 Å². The molecule has 2 N–H and O–H groups in total. The maximum absolute atomic E-state index is 11.0. The van der Waals surface area contributed by atoms with Crippen LogP contribution in [0.4, 0.5) is 0 Å². The van der Waals surface area contributed by atoms with E-state index in [1.54, 1.807) is 24.3 Å². The average molecular weight is 294 g/mol. The van der Waals surface area contributed by atoms with Gasteiger partial charge < -0.3 is 14.9 Å². The zero-order valence-electron chi connectivity index (χ0n) is 12.6. The van der Waals surface area contributed by atoms with Crippen LogP contribution in [0.3, 0.4) is 0 Å². The Bertz CT molecular complexity index is 404. The Morgan fingerprint density at radius 3 is 2.10 bits per heavy atom. The molecule has 21 heavy (non-hydrogen) atoms. The molecule has 0 aliphatic rings. The smallest absolute Gasteiger partial charge is 0.339 e. The van der Waals surface area contributed by atoms with Crippen LogP contribution >= 0.6 is 0 Å². The maximum Gasteiger partial charge on any atom is 0.339 e. The number of carboxylic acids is 1. The molecule has 0 radical (unpaired) electrons. The van der Waals surface area contributed by atoms with Gasteiger partial charge in [-0.05, 0) is 25.0 Å². The van der Waals surface area contributed by atoms with E-state index in [0.717, 1.165) is 25.7 Å². The Hall–Kier alpha value is -1.55. The molecule has 0 unspecified atom stereocenters. The SMILES string of the molecule is O=C(O)c1ccccc1OCCCCCCCCCCO. The van der Waals surface area contributed by atoms with E-state index >= 15 is 0 Å². The summed E-state index contributed by atoms with van der Waals surface area (Å²) in [6.07, 6.45) is 8.91. The monoisotopic (exact) mass is 294 g/mol. The second-order valence-corrected chi connectivity index (χ2v) is 5.20. The molecule has 0 aliphatic heterocycles. The van der Waals surface area contributed by atoms with Crippen molar-refractivity contribution < 1.29 is 19.7 Å². The molecule has 0 fully saturated rings. The summed E-state index contributed by atoms with van der Waals surface area (Å²) in [6.45, 7) is 0.865. The molecule has 1 rings (SSSR count). The highest BCUT2D eigenvalue weighted by molar-refractivity contribution is 5.90. The topological polar surface area (TPSA) is 66.8 Å². The molecule has 0 amide bonds. The Kier molecular flexibility index (Phi) is 9.29. The molecule has 4 heteroatoms. The van der Waals surface area contributed by atoms with E-state index in [4.69, 9.17) is 14.9 Å². The number of aliphatic hydroxyl groups excluding tert-OH is 1. The number of hydrogen-bond acceptors (Lipinski definition) is 3. The van der Waals surface area contributed by atoms with Crippen molar-refractivity contribution >= 4 is 5.97 Å². The Morgan fingerprint density at radius 1 is 0.905 bits per heavy atom. The number of hydrogen-bond donors (Lipinski definition) is 2. The van der Waals surface area contributed by atoms with Gasteiger partial charge in [-0.1, -0.05) is 50.7 Å². The molecule has 0 spiro atoms. The Labute approximate surface area is 126 Å². The summed E-state index contributed by atoms with van der Waals surface area (Å²) in [5, 5.41) is 17.7. The molecule has 0 heterocycles. The number of benzene rings is 1. The lowest BCUT2D eigenvalue weighted by molar-refractivity contribution is 0.0692. The molecule has 0 saturated heterocycles. The van der Waals surface area contributed by atoms with Crippen molar-refractivity contribution in [2.45, 2.75) is 51.4 Å². The summed E-state index contributed by atoms with van der Waals surface area (Å²) < 4.78 is 5.55. The van der Waals surface area contributed by atoms with Crippen LogP contribution in [0.5, 0.6) is 5.75 Å². The number of carboxylic acid groups (broad SMARTS) is 1. The van der Waals surface area contributed by atoms with Crippen LogP contribution in [0.1, 0.15) is 61.7 Å². The number of aromatic carboxylic acids is 1. The maximum atomic E-state index is 11.0. The molecule has 1 aromatic carbocycles. The first-order chi connectivity index (χ1) is 10.3. The van der Waals surface area contributed by atoms with Crippen LogP contribution in [0.2, 0.25) is 0 Å². The van der Waals surface area contributed by atoms with Gasteiger partial charge >= 0.3 is 5.97 Å². The fraction of sp³-hybridized carbons (Fsp3) is 0.588. The van der Waals surface area contributed by atoms with Crippen LogP contribution in [0.25, 0.3) is 0 Å². The average Bonchev–Trinajstić information content (AvgIpc) is 2.49. The Morgan fingerprint density at radius 2 is 1.48 bits per heavy atom. The third-order valence-corrected chi connectivity index (χ3v) is 3.43. The zero-order chi connectivity index (χ0) is 15.3. The molecular formula is C17H26O4. The van der Waals surface area contributed by atoms with Gasteiger partial charge in [-0.3, -0.25) is 0 Å². The summed E-state index contributed by atoms with van der Waals surface area (Å²) in [7, 11) is 0. The molecule has 118 valence electrons. The highest BCUT2D eigenvalue weighted by Gasteiger charge is 2.09. The summed E-state index contributed by atoms with van der Waals surface area (Å²) in [4.78, 5) is 11.0. The fourth-order valence-corrected chi connectivity index (χ4v) is 2.23. The third-order valence-electron chi connectivity index (χ3n) is 3.43. The van der Waals surface area contributed by atoms with Crippen LogP contribution in [-0.2, 0) is 0 Å². The van der Waals surface area contributed by atoms with Gasteiger partial charge in [-0.2, -0.15) is 0 Å². The molecule has 0 saturated carbocycles. The Balaban J connectivity index is 2.06. The first-order valence-corrected chi connectivity index (χ1v) is 7.81. The van der Waals surface area contributed by atoms with E-state index in [0.29, 0.717) is 19.0 Å². The standard InChI is InChI=1S/C17H26O4/c18-13-9-5-3-1-2-4-6-10-14-21-16-12-8-7-11-15(16)17(19)20/h7-8,11-12,18H,1-6,9-10,13-14H2,(H,19,20). The minimum Gasteiger partial charge on any atom is -0.493 e. The number of unbranched alkanes of at least 4 members (excludes halogenated alkanes) is 7. The summed E-state index contributed by atoms with van der Waals surface area (Å²) >= 11 is 0. The van der Waals surface area contributed by atoms with Gasteiger partial charge in [0.05, 0.1) is 6.61 Å². The van der Waals surface area contributed by atoms with Crippen molar-refractivity contribution in [2.75, 3.05) is 13.2 Å². The van der Waals surface area contributed by atoms with Crippen molar-refractivity contribution in [1.29, 1.82) is 0 Å². The normalized spacial score (nSPS) is 10.5. The molecule has 0 aliphatic carbocycles. The first kappa shape index (κ1) is 17.5. The number of carbonyl (C=O) groups is 1. The van der Waals surface area contributed by atoms with Gasteiger partial charge in [0.15, 0.2) is 0 Å². The molecule has 1 aromatic rings. The van der Waals surface area contributed by atoms with Gasteiger partial charge in [0.2, 0.25) is 0 Å². The summed E-state index contributed by atoms with van der Waals surface area (Å²) in [5.74, 6) is -0.498. The molecule has 0 aromatic heterocycles. The quantitative estimate of drug-likeness (QED) is 0.574. The fourth-order valence-electron chi connectivity index (χ4n) is 2.23. The van der Waals surface area contributed by atoms with Crippen LogP contribution in [-0.4, -0.2) is 29.4 Å². The highest BCUT2D eigenvalue weighted by Crippen LogP contribution is 2.18. The second kappa shape index (κ2) is 11.1. The van der Waals surface area contributed by atoms with Gasteiger partial charge in [0.1, 0.15) is 11.3 Å². The molecule has 4 nitrogen and oxygen atoms in total. The van der Waals surface area contributed by atoms with Gasteiger partial charge in [0, 0.05) is 6.61 Å². The van der Waals surface area contributed by atoms with E-state index in [9.17, 15) is 4.79 Å². The minimum absolute atomic E-state index is 0.224.